The summed E-state index contributed by atoms with van der Waals surface area (Å²) in [6.07, 6.45) is 0. The fourth-order valence-electron chi connectivity index (χ4n) is 1.42. The minimum Gasteiger partial charge on any atom is -0.480 e. The highest BCUT2D eigenvalue weighted by Crippen LogP contribution is 2.09. The molecule has 0 fully saturated rings. The van der Waals surface area contributed by atoms with Crippen LogP contribution in [0.1, 0.15) is 25.4 Å². The van der Waals surface area contributed by atoms with E-state index >= 15 is 0 Å². The highest BCUT2D eigenvalue weighted by molar-refractivity contribution is 5.73. The summed E-state index contributed by atoms with van der Waals surface area (Å²) in [5, 5.41) is 20.6. The maximum absolute atomic E-state index is 10.9. The average Bonchev–Trinajstić information content (AvgIpc) is 2.65. The SMILES string of the molecule is CC(C)C(NCc1ccc(CO)o1)C(=O)O. The molecule has 1 rings (SSSR count). The molecule has 0 aliphatic rings. The van der Waals surface area contributed by atoms with Crippen molar-refractivity contribution in [2.75, 3.05) is 0 Å². The number of carbonyl (C=O) groups is 1. The van der Waals surface area contributed by atoms with Crippen LogP contribution >= 0.6 is 0 Å². The zero-order valence-electron chi connectivity index (χ0n) is 9.43. The number of hydrogen-bond acceptors (Lipinski definition) is 4. The maximum atomic E-state index is 10.9. The van der Waals surface area contributed by atoms with E-state index in [-0.39, 0.29) is 12.5 Å². The number of carboxylic acids is 1. The number of aliphatic hydroxyl groups excluding tert-OH is 1. The number of nitrogens with one attached hydrogen (secondary N) is 1. The van der Waals surface area contributed by atoms with Gasteiger partial charge in [0, 0.05) is 0 Å². The fourth-order valence-corrected chi connectivity index (χ4v) is 1.42. The van der Waals surface area contributed by atoms with Gasteiger partial charge in [-0.05, 0) is 18.1 Å². The van der Waals surface area contributed by atoms with Crippen LogP contribution in [0.3, 0.4) is 0 Å². The molecule has 0 amide bonds. The van der Waals surface area contributed by atoms with Gasteiger partial charge in [-0.1, -0.05) is 13.8 Å². The number of furan rings is 1. The lowest BCUT2D eigenvalue weighted by atomic mass is 10.1. The molecule has 0 saturated carbocycles. The van der Waals surface area contributed by atoms with Crippen molar-refractivity contribution >= 4 is 5.97 Å². The molecule has 0 saturated heterocycles. The van der Waals surface area contributed by atoms with Crippen LogP contribution in [0.5, 0.6) is 0 Å². The minimum absolute atomic E-state index is 0.00442. The molecule has 1 aromatic heterocycles. The van der Waals surface area contributed by atoms with E-state index in [0.29, 0.717) is 18.1 Å². The predicted molar refractivity (Wildman–Crippen MR) is 57.7 cm³/mol. The van der Waals surface area contributed by atoms with Gasteiger partial charge in [0.05, 0.1) is 6.54 Å². The minimum atomic E-state index is -0.871. The lowest BCUT2D eigenvalue weighted by Gasteiger charge is -2.16. The third-order valence-corrected chi connectivity index (χ3v) is 2.30. The molecule has 0 radical (unpaired) electrons. The number of aliphatic carboxylic acids is 1. The molecule has 90 valence electrons. The van der Waals surface area contributed by atoms with E-state index in [2.05, 4.69) is 5.32 Å². The number of hydrogen-bond donors (Lipinski definition) is 3. The molecule has 0 aliphatic heterocycles. The van der Waals surface area contributed by atoms with Gasteiger partial charge in [-0.25, -0.2) is 0 Å². The van der Waals surface area contributed by atoms with E-state index < -0.39 is 12.0 Å². The standard InChI is InChI=1S/C11H17NO4/c1-7(2)10(11(14)15)12-5-8-3-4-9(6-13)16-8/h3-4,7,10,12-13H,5-6H2,1-2H3,(H,14,15). The van der Waals surface area contributed by atoms with Crippen LogP contribution < -0.4 is 5.32 Å². The van der Waals surface area contributed by atoms with Gasteiger partial charge in [0.1, 0.15) is 24.2 Å². The second-order valence-corrected chi connectivity index (χ2v) is 3.97. The Morgan fingerprint density at radius 2 is 2.06 bits per heavy atom. The molecule has 16 heavy (non-hydrogen) atoms. The third-order valence-electron chi connectivity index (χ3n) is 2.30. The average molecular weight is 227 g/mol. The summed E-state index contributed by atoms with van der Waals surface area (Å²) in [6.45, 7) is 3.88. The first-order valence-electron chi connectivity index (χ1n) is 5.19. The number of aliphatic hydroxyl groups is 1. The topological polar surface area (TPSA) is 82.7 Å². The van der Waals surface area contributed by atoms with Gasteiger partial charge in [0.25, 0.3) is 0 Å². The molecule has 0 aromatic carbocycles. The van der Waals surface area contributed by atoms with E-state index in [4.69, 9.17) is 14.6 Å². The molecular weight excluding hydrogens is 210 g/mol. The Kier molecular flexibility index (Phi) is 4.52. The molecule has 1 atom stereocenters. The van der Waals surface area contributed by atoms with Crippen LogP contribution in [0.15, 0.2) is 16.5 Å². The van der Waals surface area contributed by atoms with Crippen molar-refractivity contribution in [1.29, 1.82) is 0 Å². The quantitative estimate of drug-likeness (QED) is 0.674. The summed E-state index contributed by atoms with van der Waals surface area (Å²) in [5.41, 5.74) is 0. The third kappa shape index (κ3) is 3.36. The first kappa shape index (κ1) is 12.7. The van der Waals surface area contributed by atoms with E-state index in [9.17, 15) is 4.79 Å². The summed E-state index contributed by atoms with van der Waals surface area (Å²) < 4.78 is 5.24. The molecule has 1 unspecified atom stereocenters. The van der Waals surface area contributed by atoms with Crippen LogP contribution in [0, 0.1) is 5.92 Å². The summed E-state index contributed by atoms with van der Waals surface area (Å²) >= 11 is 0. The van der Waals surface area contributed by atoms with Gasteiger partial charge in [-0.3, -0.25) is 10.1 Å². The van der Waals surface area contributed by atoms with Crippen LogP contribution in [0.4, 0.5) is 0 Å². The fraction of sp³-hybridized carbons (Fsp3) is 0.545. The molecule has 3 N–H and O–H groups in total. The maximum Gasteiger partial charge on any atom is 0.320 e. The monoisotopic (exact) mass is 227 g/mol. The molecule has 0 aliphatic carbocycles. The molecule has 0 bridgehead atoms. The Morgan fingerprint density at radius 3 is 2.50 bits per heavy atom. The van der Waals surface area contributed by atoms with Gasteiger partial charge < -0.3 is 14.6 Å². The van der Waals surface area contributed by atoms with Crippen molar-refractivity contribution in [2.45, 2.75) is 33.0 Å². The molecule has 1 heterocycles. The highest BCUT2D eigenvalue weighted by Gasteiger charge is 2.20. The summed E-state index contributed by atoms with van der Waals surface area (Å²) in [7, 11) is 0. The van der Waals surface area contributed by atoms with Crippen LogP contribution in [-0.4, -0.2) is 22.2 Å². The Labute approximate surface area is 94.1 Å². The summed E-state index contributed by atoms with van der Waals surface area (Å²) in [4.78, 5) is 10.9. The number of carboxylic acid groups (broad SMARTS) is 1. The molecule has 5 nitrogen and oxygen atoms in total. The lowest BCUT2D eigenvalue weighted by Crippen LogP contribution is -2.40. The van der Waals surface area contributed by atoms with Crippen LogP contribution in [0.25, 0.3) is 0 Å². The first-order valence-corrected chi connectivity index (χ1v) is 5.19. The van der Waals surface area contributed by atoms with Gasteiger partial charge in [0.2, 0.25) is 0 Å². The van der Waals surface area contributed by atoms with E-state index in [0.717, 1.165) is 0 Å². The second kappa shape index (κ2) is 5.67. The normalized spacial score (nSPS) is 13.0. The van der Waals surface area contributed by atoms with Crippen LogP contribution in [-0.2, 0) is 17.9 Å². The molecule has 5 heteroatoms. The second-order valence-electron chi connectivity index (χ2n) is 3.97. The summed E-state index contributed by atoms with van der Waals surface area (Å²) in [6, 6.07) is 2.79. The zero-order chi connectivity index (χ0) is 12.1. The van der Waals surface area contributed by atoms with E-state index in [1.54, 1.807) is 12.1 Å². The van der Waals surface area contributed by atoms with Crippen molar-refractivity contribution < 1.29 is 19.4 Å². The lowest BCUT2D eigenvalue weighted by molar-refractivity contribution is -0.140. The van der Waals surface area contributed by atoms with Gasteiger partial charge in [-0.15, -0.1) is 0 Å². The van der Waals surface area contributed by atoms with Gasteiger partial charge >= 0.3 is 5.97 Å². The van der Waals surface area contributed by atoms with E-state index in [1.165, 1.54) is 0 Å². The largest absolute Gasteiger partial charge is 0.480 e. The first-order chi connectivity index (χ1) is 7.54. The summed E-state index contributed by atoms with van der Waals surface area (Å²) in [5.74, 6) is 0.234. The zero-order valence-corrected chi connectivity index (χ0v) is 9.43. The van der Waals surface area contributed by atoms with Gasteiger partial charge in [0.15, 0.2) is 0 Å². The molecule has 1 aromatic rings. The van der Waals surface area contributed by atoms with Crippen molar-refractivity contribution in [3.63, 3.8) is 0 Å². The van der Waals surface area contributed by atoms with Crippen molar-refractivity contribution in [3.8, 4) is 0 Å². The number of rotatable bonds is 6. The smallest absolute Gasteiger partial charge is 0.320 e. The highest BCUT2D eigenvalue weighted by atomic mass is 16.4. The van der Waals surface area contributed by atoms with Gasteiger partial charge in [-0.2, -0.15) is 0 Å². The van der Waals surface area contributed by atoms with Crippen molar-refractivity contribution in [3.05, 3.63) is 23.7 Å². The molecule has 0 spiro atoms. The van der Waals surface area contributed by atoms with Crippen molar-refractivity contribution in [2.24, 2.45) is 5.92 Å². The molecular formula is C11H17NO4. The van der Waals surface area contributed by atoms with Crippen molar-refractivity contribution in [1.82, 2.24) is 5.32 Å². The Morgan fingerprint density at radius 1 is 1.44 bits per heavy atom. The Bertz CT molecular complexity index is 346. The van der Waals surface area contributed by atoms with Crippen LogP contribution in [0.2, 0.25) is 0 Å². The van der Waals surface area contributed by atoms with E-state index in [1.807, 2.05) is 13.8 Å². The predicted octanol–water partition coefficient (Wildman–Crippen LogP) is 0.971. The Balaban J connectivity index is 2.52. The Hall–Kier alpha value is -1.33.